The molecule has 1 unspecified atom stereocenters. The molecule has 0 bridgehead atoms. The number of hydrogen-bond acceptors (Lipinski definition) is 4. The number of rotatable bonds is 9. The molecule has 0 aliphatic heterocycles. The predicted octanol–water partition coefficient (Wildman–Crippen LogP) is 1.93. The number of methoxy groups -OCH3 is 2. The van der Waals surface area contributed by atoms with Crippen molar-refractivity contribution in [2.75, 3.05) is 47.1 Å². The fourth-order valence-corrected chi connectivity index (χ4v) is 2.32. The molecule has 108 valence electrons. The topological polar surface area (TPSA) is 47.7 Å². The summed E-state index contributed by atoms with van der Waals surface area (Å²) in [7, 11) is 3.39. The minimum atomic E-state index is 0.0824. The van der Waals surface area contributed by atoms with Crippen molar-refractivity contribution in [3.05, 3.63) is 34.9 Å². The van der Waals surface area contributed by atoms with Crippen LogP contribution in [-0.2, 0) is 9.47 Å². The summed E-state index contributed by atoms with van der Waals surface area (Å²) in [6.45, 7) is 3.42. The van der Waals surface area contributed by atoms with Gasteiger partial charge in [0.2, 0.25) is 0 Å². The Morgan fingerprint density at radius 3 is 2.21 bits per heavy atom. The first-order valence-electron chi connectivity index (χ1n) is 6.41. The second-order valence-corrected chi connectivity index (χ2v) is 4.70. The second kappa shape index (κ2) is 9.28. The SMILES string of the molecule is COCCN(CCOC)C(CN)c1ccccc1Cl. The van der Waals surface area contributed by atoms with Gasteiger partial charge in [-0.25, -0.2) is 0 Å². The molecule has 0 aliphatic rings. The highest BCUT2D eigenvalue weighted by molar-refractivity contribution is 6.31. The van der Waals surface area contributed by atoms with Gasteiger partial charge in [0, 0.05) is 44.9 Å². The molecule has 0 aromatic heterocycles. The van der Waals surface area contributed by atoms with Crippen molar-refractivity contribution in [1.29, 1.82) is 0 Å². The molecular weight excluding hydrogens is 264 g/mol. The molecule has 0 spiro atoms. The Hall–Kier alpha value is -0.650. The van der Waals surface area contributed by atoms with Gasteiger partial charge in [-0.3, -0.25) is 4.90 Å². The lowest BCUT2D eigenvalue weighted by Gasteiger charge is -2.31. The van der Waals surface area contributed by atoms with Gasteiger partial charge in [0.05, 0.1) is 13.2 Å². The van der Waals surface area contributed by atoms with E-state index in [-0.39, 0.29) is 6.04 Å². The largest absolute Gasteiger partial charge is 0.383 e. The molecule has 4 nitrogen and oxygen atoms in total. The van der Waals surface area contributed by atoms with E-state index in [2.05, 4.69) is 4.90 Å². The van der Waals surface area contributed by atoms with Gasteiger partial charge in [-0.1, -0.05) is 29.8 Å². The highest BCUT2D eigenvalue weighted by atomic mass is 35.5. The quantitative estimate of drug-likeness (QED) is 0.754. The van der Waals surface area contributed by atoms with Gasteiger partial charge >= 0.3 is 0 Å². The molecule has 5 heteroatoms. The predicted molar refractivity (Wildman–Crippen MR) is 78.6 cm³/mol. The summed E-state index contributed by atoms with van der Waals surface area (Å²) in [6.07, 6.45) is 0. The third-order valence-corrected chi connectivity index (χ3v) is 3.44. The van der Waals surface area contributed by atoms with Crippen molar-refractivity contribution in [1.82, 2.24) is 4.90 Å². The van der Waals surface area contributed by atoms with Crippen LogP contribution in [0.15, 0.2) is 24.3 Å². The lowest BCUT2D eigenvalue weighted by molar-refractivity contribution is 0.0891. The Labute approximate surface area is 120 Å². The lowest BCUT2D eigenvalue weighted by Crippen LogP contribution is -2.38. The summed E-state index contributed by atoms with van der Waals surface area (Å²) in [5.74, 6) is 0. The minimum absolute atomic E-state index is 0.0824. The average molecular weight is 287 g/mol. The molecule has 0 saturated carbocycles. The van der Waals surface area contributed by atoms with Gasteiger partial charge in [-0.05, 0) is 11.6 Å². The van der Waals surface area contributed by atoms with E-state index >= 15 is 0 Å². The van der Waals surface area contributed by atoms with E-state index in [1.54, 1.807) is 14.2 Å². The van der Waals surface area contributed by atoms with Gasteiger partial charge in [-0.15, -0.1) is 0 Å². The van der Waals surface area contributed by atoms with Crippen LogP contribution in [0, 0.1) is 0 Å². The first kappa shape index (κ1) is 16.4. The Bertz CT molecular complexity index is 355. The van der Waals surface area contributed by atoms with Crippen molar-refractivity contribution in [2.24, 2.45) is 5.73 Å². The molecule has 1 rings (SSSR count). The minimum Gasteiger partial charge on any atom is -0.383 e. The monoisotopic (exact) mass is 286 g/mol. The van der Waals surface area contributed by atoms with Crippen LogP contribution in [0.4, 0.5) is 0 Å². The van der Waals surface area contributed by atoms with E-state index in [0.29, 0.717) is 19.8 Å². The highest BCUT2D eigenvalue weighted by Crippen LogP contribution is 2.26. The average Bonchev–Trinajstić information content (AvgIpc) is 2.43. The van der Waals surface area contributed by atoms with Crippen LogP contribution in [0.25, 0.3) is 0 Å². The number of hydrogen-bond donors (Lipinski definition) is 1. The van der Waals surface area contributed by atoms with E-state index in [0.717, 1.165) is 23.7 Å². The van der Waals surface area contributed by atoms with E-state index in [9.17, 15) is 0 Å². The first-order chi connectivity index (χ1) is 9.24. The Balaban J connectivity index is 2.85. The van der Waals surface area contributed by atoms with Crippen molar-refractivity contribution < 1.29 is 9.47 Å². The van der Waals surface area contributed by atoms with Crippen molar-refractivity contribution in [2.45, 2.75) is 6.04 Å². The van der Waals surface area contributed by atoms with E-state index in [1.807, 2.05) is 24.3 Å². The molecule has 0 radical (unpaired) electrons. The molecule has 0 saturated heterocycles. The van der Waals surface area contributed by atoms with Crippen LogP contribution in [0.2, 0.25) is 5.02 Å². The van der Waals surface area contributed by atoms with Gasteiger partial charge in [0.1, 0.15) is 0 Å². The van der Waals surface area contributed by atoms with Gasteiger partial charge < -0.3 is 15.2 Å². The first-order valence-corrected chi connectivity index (χ1v) is 6.78. The molecule has 0 heterocycles. The fourth-order valence-electron chi connectivity index (χ4n) is 2.06. The molecule has 1 atom stereocenters. The third kappa shape index (κ3) is 5.09. The lowest BCUT2D eigenvalue weighted by atomic mass is 10.1. The molecule has 1 aromatic rings. The van der Waals surface area contributed by atoms with Crippen LogP contribution in [0.5, 0.6) is 0 Å². The summed E-state index contributed by atoms with van der Waals surface area (Å²) in [4.78, 5) is 2.24. The Morgan fingerprint density at radius 1 is 1.16 bits per heavy atom. The normalized spacial score (nSPS) is 12.9. The Morgan fingerprint density at radius 2 is 1.74 bits per heavy atom. The van der Waals surface area contributed by atoms with Crippen molar-refractivity contribution in [3.63, 3.8) is 0 Å². The summed E-state index contributed by atoms with van der Waals surface area (Å²) < 4.78 is 10.3. The van der Waals surface area contributed by atoms with Crippen LogP contribution in [0.1, 0.15) is 11.6 Å². The van der Waals surface area contributed by atoms with Gasteiger partial charge in [0.25, 0.3) is 0 Å². The summed E-state index contributed by atoms with van der Waals surface area (Å²) >= 11 is 6.27. The standard InChI is InChI=1S/C14H23ClN2O2/c1-18-9-7-17(8-10-19-2)14(11-16)12-5-3-4-6-13(12)15/h3-6,14H,7-11,16H2,1-2H3. The number of nitrogens with two attached hydrogens (primary N) is 1. The zero-order valence-corrected chi connectivity index (χ0v) is 12.4. The van der Waals surface area contributed by atoms with E-state index in [1.165, 1.54) is 0 Å². The molecule has 0 fully saturated rings. The zero-order valence-electron chi connectivity index (χ0n) is 11.6. The van der Waals surface area contributed by atoms with Crippen molar-refractivity contribution >= 4 is 11.6 Å². The number of nitrogens with zero attached hydrogens (tertiary/aromatic N) is 1. The summed E-state index contributed by atoms with van der Waals surface area (Å²) in [5, 5.41) is 0.748. The smallest absolute Gasteiger partial charge is 0.0589 e. The van der Waals surface area contributed by atoms with Gasteiger partial charge in [-0.2, -0.15) is 0 Å². The van der Waals surface area contributed by atoms with Gasteiger partial charge in [0.15, 0.2) is 0 Å². The van der Waals surface area contributed by atoms with Crippen LogP contribution < -0.4 is 5.73 Å². The fraction of sp³-hybridized carbons (Fsp3) is 0.571. The van der Waals surface area contributed by atoms with Crippen LogP contribution in [0.3, 0.4) is 0 Å². The summed E-state index contributed by atoms with van der Waals surface area (Å²) in [6, 6.07) is 7.90. The maximum Gasteiger partial charge on any atom is 0.0589 e. The molecule has 0 amide bonds. The second-order valence-electron chi connectivity index (χ2n) is 4.29. The van der Waals surface area contributed by atoms with Crippen LogP contribution >= 0.6 is 11.6 Å². The maximum atomic E-state index is 6.27. The molecule has 19 heavy (non-hydrogen) atoms. The third-order valence-electron chi connectivity index (χ3n) is 3.09. The molecule has 1 aromatic carbocycles. The molecular formula is C14H23ClN2O2. The zero-order chi connectivity index (χ0) is 14.1. The van der Waals surface area contributed by atoms with E-state index < -0.39 is 0 Å². The molecule has 0 aliphatic carbocycles. The maximum absolute atomic E-state index is 6.27. The number of ether oxygens (including phenoxy) is 2. The van der Waals surface area contributed by atoms with E-state index in [4.69, 9.17) is 26.8 Å². The summed E-state index contributed by atoms with van der Waals surface area (Å²) in [5.41, 5.74) is 6.99. The highest BCUT2D eigenvalue weighted by Gasteiger charge is 2.20. The van der Waals surface area contributed by atoms with Crippen LogP contribution in [-0.4, -0.2) is 52.0 Å². The Kier molecular flexibility index (Phi) is 8.02. The number of benzene rings is 1. The van der Waals surface area contributed by atoms with Crippen molar-refractivity contribution in [3.8, 4) is 0 Å². The number of halogens is 1. The molecule has 2 N–H and O–H groups in total.